The smallest absolute Gasteiger partial charge is 0.334 e. The summed E-state index contributed by atoms with van der Waals surface area (Å²) >= 11 is 0. The monoisotopic (exact) mass is 368 g/mol. The van der Waals surface area contributed by atoms with Gasteiger partial charge in [0.25, 0.3) is 0 Å². The molecule has 2 rings (SSSR count). The minimum Gasteiger partial charge on any atom is -0.453 e. The fraction of sp³-hybridized carbons (Fsp3) is 0.750. The van der Waals surface area contributed by atoms with Crippen molar-refractivity contribution in [2.45, 2.75) is 88.3 Å². The second-order valence-electron chi connectivity index (χ2n) is 8.34. The number of hydrogen-bond acceptors (Lipinski definition) is 6. The van der Waals surface area contributed by atoms with E-state index in [-0.39, 0.29) is 30.8 Å². The summed E-state index contributed by atoms with van der Waals surface area (Å²) in [7, 11) is 0. The van der Waals surface area contributed by atoms with Crippen LogP contribution in [0, 0.1) is 5.92 Å². The van der Waals surface area contributed by atoms with Crippen molar-refractivity contribution in [2.24, 2.45) is 5.92 Å². The first-order valence-corrected chi connectivity index (χ1v) is 9.32. The Morgan fingerprint density at radius 3 is 2.35 bits per heavy atom. The Morgan fingerprint density at radius 1 is 1.04 bits per heavy atom. The van der Waals surface area contributed by atoms with Crippen molar-refractivity contribution in [2.75, 3.05) is 0 Å². The van der Waals surface area contributed by atoms with Crippen LogP contribution in [0.1, 0.15) is 58.8 Å². The van der Waals surface area contributed by atoms with Crippen molar-refractivity contribution in [1.82, 2.24) is 0 Å². The van der Waals surface area contributed by atoms with Gasteiger partial charge < -0.3 is 25.2 Å². The molecule has 6 heteroatoms. The molecule has 1 aliphatic heterocycles. The van der Waals surface area contributed by atoms with Gasteiger partial charge in [-0.05, 0) is 70.3 Å². The van der Waals surface area contributed by atoms with Crippen molar-refractivity contribution in [3.8, 4) is 0 Å². The summed E-state index contributed by atoms with van der Waals surface area (Å²) in [5.41, 5.74) is -1.64. The van der Waals surface area contributed by atoms with Gasteiger partial charge in [-0.3, -0.25) is 0 Å². The molecule has 0 aromatic carbocycles. The number of ether oxygens (including phenoxy) is 1. The third-order valence-electron chi connectivity index (χ3n) is 6.13. The number of fused-ring (bicyclic) bond motifs is 3. The molecule has 0 aromatic heterocycles. The highest BCUT2D eigenvalue weighted by Crippen LogP contribution is 2.38. The Hall–Kier alpha value is -1.21. The fourth-order valence-electron chi connectivity index (χ4n) is 3.74. The highest BCUT2D eigenvalue weighted by atomic mass is 16.6. The summed E-state index contributed by atoms with van der Waals surface area (Å²) in [5.74, 6) is -0.907. The number of aliphatic hydroxyl groups is 4. The molecule has 1 saturated heterocycles. The van der Waals surface area contributed by atoms with Crippen LogP contribution in [0.2, 0.25) is 0 Å². The molecule has 26 heavy (non-hydrogen) atoms. The van der Waals surface area contributed by atoms with E-state index in [1.807, 2.05) is 0 Å². The summed E-state index contributed by atoms with van der Waals surface area (Å²) in [6, 6.07) is 0. The molecule has 2 aliphatic rings. The van der Waals surface area contributed by atoms with E-state index in [4.69, 9.17) is 4.74 Å². The van der Waals surface area contributed by atoms with Gasteiger partial charge in [0.2, 0.25) is 0 Å². The number of carbonyl (C=O) groups excluding carboxylic acids is 1. The van der Waals surface area contributed by atoms with Gasteiger partial charge in [0.1, 0.15) is 5.60 Å². The minimum absolute atomic E-state index is 0.171. The topological polar surface area (TPSA) is 107 Å². The van der Waals surface area contributed by atoms with Gasteiger partial charge >= 0.3 is 5.97 Å². The first-order valence-electron chi connectivity index (χ1n) is 9.32. The number of hydrogen-bond donors (Lipinski definition) is 4. The Morgan fingerprint density at radius 2 is 1.69 bits per heavy atom. The lowest BCUT2D eigenvalue weighted by Gasteiger charge is -2.34. The summed E-state index contributed by atoms with van der Waals surface area (Å²) in [6.45, 7) is 10.9. The Balaban J connectivity index is 2.33. The summed E-state index contributed by atoms with van der Waals surface area (Å²) < 4.78 is 5.55. The highest BCUT2D eigenvalue weighted by Gasteiger charge is 2.43. The molecule has 0 unspecified atom stereocenters. The van der Waals surface area contributed by atoms with Crippen molar-refractivity contribution < 1.29 is 30.0 Å². The molecule has 148 valence electrons. The minimum atomic E-state index is -1.40. The lowest BCUT2D eigenvalue weighted by atomic mass is 9.79. The standard InChI is InChI=1S/C20H32O6/c1-12-5-6-16(22)20(4)10-7-14(13(2)18(24)26-20)11-17(23)19(3,25)9-8-15(12)21/h14-17,21-23,25H,1-2,5-11H2,3-4H3/t14-,15+,16+,17+,19+,20-/m1/s1. The predicted octanol–water partition coefficient (Wildman–Crippen LogP) is 1.61. The largest absolute Gasteiger partial charge is 0.453 e. The van der Waals surface area contributed by atoms with E-state index in [2.05, 4.69) is 13.2 Å². The normalized spacial score (nSPS) is 43.5. The van der Waals surface area contributed by atoms with E-state index >= 15 is 0 Å². The zero-order valence-electron chi connectivity index (χ0n) is 15.8. The number of aliphatic hydroxyl groups excluding tert-OH is 3. The van der Waals surface area contributed by atoms with Gasteiger partial charge in [0.05, 0.1) is 23.9 Å². The molecule has 1 aliphatic carbocycles. The van der Waals surface area contributed by atoms with Gasteiger partial charge in [-0.2, -0.15) is 0 Å². The van der Waals surface area contributed by atoms with Gasteiger partial charge in [-0.15, -0.1) is 0 Å². The maximum absolute atomic E-state index is 12.4. The molecule has 2 bridgehead atoms. The maximum atomic E-state index is 12.4. The molecular weight excluding hydrogens is 336 g/mol. The second kappa shape index (κ2) is 7.80. The Labute approximate surface area is 155 Å². The Kier molecular flexibility index (Phi) is 6.33. The average molecular weight is 368 g/mol. The molecule has 0 aromatic rings. The first kappa shape index (κ1) is 21.1. The lowest BCUT2D eigenvalue weighted by molar-refractivity contribution is -0.165. The van der Waals surface area contributed by atoms with Crippen LogP contribution in [0.15, 0.2) is 24.3 Å². The third-order valence-corrected chi connectivity index (χ3v) is 6.13. The van der Waals surface area contributed by atoms with Crippen LogP contribution in [0.5, 0.6) is 0 Å². The third kappa shape index (κ3) is 4.55. The number of carbonyl (C=O) groups is 1. The SMILES string of the molecule is C=C1C(=O)O[C@]2(C)CC[C@@H]1C[C@H](O)[C@@](C)(O)CC[C@H](O)C(=C)CC[C@@H]2O. The van der Waals surface area contributed by atoms with E-state index in [9.17, 15) is 25.2 Å². The first-order chi connectivity index (χ1) is 12.0. The molecule has 0 radical (unpaired) electrons. The van der Waals surface area contributed by atoms with Crippen LogP contribution in [-0.2, 0) is 9.53 Å². The molecule has 0 spiro atoms. The van der Waals surface area contributed by atoms with Crippen molar-refractivity contribution in [1.29, 1.82) is 0 Å². The van der Waals surface area contributed by atoms with Crippen LogP contribution >= 0.6 is 0 Å². The quantitative estimate of drug-likeness (QED) is 0.294. The molecule has 0 amide bonds. The maximum Gasteiger partial charge on any atom is 0.334 e. The van der Waals surface area contributed by atoms with E-state index in [1.54, 1.807) is 6.92 Å². The molecular formula is C20H32O6. The summed E-state index contributed by atoms with van der Waals surface area (Å²) in [5, 5.41) is 42.0. The van der Waals surface area contributed by atoms with Gasteiger partial charge in [0.15, 0.2) is 0 Å². The number of esters is 1. The molecule has 6 nitrogen and oxygen atoms in total. The predicted molar refractivity (Wildman–Crippen MR) is 97.2 cm³/mol. The summed E-state index contributed by atoms with van der Waals surface area (Å²) in [4.78, 5) is 12.4. The van der Waals surface area contributed by atoms with Crippen LogP contribution < -0.4 is 0 Å². The van der Waals surface area contributed by atoms with Gasteiger partial charge in [0, 0.05) is 5.57 Å². The fourth-order valence-corrected chi connectivity index (χ4v) is 3.74. The van der Waals surface area contributed by atoms with Gasteiger partial charge in [-0.25, -0.2) is 4.79 Å². The van der Waals surface area contributed by atoms with Crippen LogP contribution in [0.3, 0.4) is 0 Å². The molecule has 2 fully saturated rings. The highest BCUT2D eigenvalue weighted by molar-refractivity contribution is 5.89. The van der Waals surface area contributed by atoms with E-state index in [1.165, 1.54) is 6.92 Å². The molecule has 1 saturated carbocycles. The van der Waals surface area contributed by atoms with E-state index in [0.717, 1.165) is 0 Å². The average Bonchev–Trinajstić information content (AvgIpc) is 2.68. The lowest BCUT2D eigenvalue weighted by Crippen LogP contribution is -2.43. The van der Waals surface area contributed by atoms with Crippen molar-refractivity contribution >= 4 is 5.97 Å². The molecule has 4 N–H and O–H groups in total. The van der Waals surface area contributed by atoms with Crippen molar-refractivity contribution in [3.05, 3.63) is 24.3 Å². The van der Waals surface area contributed by atoms with Gasteiger partial charge in [-0.1, -0.05) is 13.2 Å². The van der Waals surface area contributed by atoms with E-state index in [0.29, 0.717) is 31.3 Å². The zero-order chi connectivity index (χ0) is 19.7. The van der Waals surface area contributed by atoms with Crippen LogP contribution in [0.25, 0.3) is 0 Å². The van der Waals surface area contributed by atoms with Crippen LogP contribution in [0.4, 0.5) is 0 Å². The summed E-state index contributed by atoms with van der Waals surface area (Å²) in [6.07, 6.45) is -0.524. The molecule has 6 atom stereocenters. The second-order valence-corrected chi connectivity index (χ2v) is 8.34. The van der Waals surface area contributed by atoms with E-state index < -0.39 is 35.5 Å². The number of rotatable bonds is 0. The van der Waals surface area contributed by atoms with Crippen molar-refractivity contribution in [3.63, 3.8) is 0 Å². The Bertz CT molecular complexity index is 569. The zero-order valence-corrected chi connectivity index (χ0v) is 15.8. The molecule has 1 heterocycles. The van der Waals surface area contributed by atoms with Crippen LogP contribution in [-0.4, -0.2) is 55.9 Å².